The van der Waals surface area contributed by atoms with Gasteiger partial charge >= 0.3 is 0 Å². The lowest BCUT2D eigenvalue weighted by Gasteiger charge is -2.11. The third-order valence-electron chi connectivity index (χ3n) is 3.36. The van der Waals surface area contributed by atoms with Crippen molar-refractivity contribution in [3.05, 3.63) is 29.8 Å². The van der Waals surface area contributed by atoms with Crippen LogP contribution in [-0.2, 0) is 6.54 Å². The van der Waals surface area contributed by atoms with E-state index in [9.17, 15) is 0 Å². The molecule has 0 atom stereocenters. The first-order valence-electron chi connectivity index (χ1n) is 6.64. The van der Waals surface area contributed by atoms with Crippen molar-refractivity contribution in [1.29, 1.82) is 0 Å². The second-order valence-corrected chi connectivity index (χ2v) is 5.41. The molecule has 1 saturated carbocycles. The van der Waals surface area contributed by atoms with Crippen LogP contribution in [0.15, 0.2) is 24.3 Å². The van der Waals surface area contributed by atoms with Crippen molar-refractivity contribution in [2.75, 3.05) is 13.2 Å². The summed E-state index contributed by atoms with van der Waals surface area (Å²) in [6.45, 7) is 7.35. The third-order valence-corrected chi connectivity index (χ3v) is 3.36. The van der Waals surface area contributed by atoms with E-state index in [1.165, 1.54) is 18.4 Å². The van der Waals surface area contributed by atoms with Gasteiger partial charge in [-0.25, -0.2) is 0 Å². The van der Waals surface area contributed by atoms with Crippen molar-refractivity contribution in [2.24, 2.45) is 5.41 Å². The lowest BCUT2D eigenvalue weighted by atomic mass is 10.1. The molecule has 0 heterocycles. The molecule has 1 aromatic rings. The molecule has 2 rings (SSSR count). The highest BCUT2D eigenvalue weighted by Gasteiger charge is 2.36. The fourth-order valence-electron chi connectivity index (χ4n) is 1.86. The molecule has 1 aliphatic rings. The van der Waals surface area contributed by atoms with Crippen LogP contribution in [-0.4, -0.2) is 13.2 Å². The predicted molar refractivity (Wildman–Crippen MR) is 71.3 cm³/mol. The quantitative estimate of drug-likeness (QED) is 0.779. The molecule has 0 aliphatic heterocycles. The highest BCUT2D eigenvalue weighted by molar-refractivity contribution is 5.28. The van der Waals surface area contributed by atoms with E-state index in [4.69, 9.17) is 4.74 Å². The third kappa shape index (κ3) is 4.04. The predicted octanol–water partition coefficient (Wildman–Crippen LogP) is 3.37. The molecule has 94 valence electrons. The maximum atomic E-state index is 5.63. The van der Waals surface area contributed by atoms with E-state index in [2.05, 4.69) is 37.4 Å². The van der Waals surface area contributed by atoms with Gasteiger partial charge in [-0.3, -0.25) is 0 Å². The van der Waals surface area contributed by atoms with E-state index in [1.54, 1.807) is 0 Å². The molecule has 1 N–H and O–H groups in total. The van der Waals surface area contributed by atoms with E-state index in [-0.39, 0.29) is 0 Å². The minimum atomic E-state index is 0.580. The summed E-state index contributed by atoms with van der Waals surface area (Å²) < 4.78 is 5.63. The van der Waals surface area contributed by atoms with Crippen LogP contribution in [0.4, 0.5) is 0 Å². The van der Waals surface area contributed by atoms with Crippen molar-refractivity contribution < 1.29 is 4.74 Å². The van der Waals surface area contributed by atoms with Crippen LogP contribution in [0.25, 0.3) is 0 Å². The Morgan fingerprint density at radius 2 is 2.18 bits per heavy atom. The average molecular weight is 233 g/mol. The monoisotopic (exact) mass is 233 g/mol. The summed E-state index contributed by atoms with van der Waals surface area (Å²) in [5.74, 6) is 0.990. The SMILES string of the molecule is CCCOc1cccc(CNCC2(C)CC2)c1. The van der Waals surface area contributed by atoms with Gasteiger partial charge in [0.25, 0.3) is 0 Å². The maximum Gasteiger partial charge on any atom is 0.119 e. The number of nitrogens with one attached hydrogen (secondary N) is 1. The normalized spacial score (nSPS) is 16.8. The molecule has 1 fully saturated rings. The van der Waals surface area contributed by atoms with E-state index < -0.39 is 0 Å². The van der Waals surface area contributed by atoms with Crippen molar-refractivity contribution in [3.63, 3.8) is 0 Å². The Bertz CT molecular complexity index is 358. The van der Waals surface area contributed by atoms with E-state index in [0.717, 1.165) is 31.9 Å². The molecular weight excluding hydrogens is 210 g/mol. The second-order valence-electron chi connectivity index (χ2n) is 5.41. The van der Waals surface area contributed by atoms with Gasteiger partial charge in [0.2, 0.25) is 0 Å². The molecule has 0 saturated heterocycles. The minimum absolute atomic E-state index is 0.580. The molecule has 2 nitrogen and oxygen atoms in total. The second kappa shape index (κ2) is 5.54. The van der Waals surface area contributed by atoms with Gasteiger partial charge in [0, 0.05) is 13.1 Å². The Hall–Kier alpha value is -1.02. The van der Waals surface area contributed by atoms with Gasteiger partial charge in [-0.1, -0.05) is 26.0 Å². The summed E-state index contributed by atoms with van der Waals surface area (Å²) in [4.78, 5) is 0. The summed E-state index contributed by atoms with van der Waals surface area (Å²) in [5.41, 5.74) is 1.89. The number of hydrogen-bond donors (Lipinski definition) is 1. The Balaban J connectivity index is 1.78. The lowest BCUT2D eigenvalue weighted by molar-refractivity contribution is 0.317. The molecule has 17 heavy (non-hydrogen) atoms. The fraction of sp³-hybridized carbons (Fsp3) is 0.600. The van der Waals surface area contributed by atoms with E-state index in [1.807, 2.05) is 6.07 Å². The van der Waals surface area contributed by atoms with Crippen LogP contribution in [0, 0.1) is 5.41 Å². The summed E-state index contributed by atoms with van der Waals surface area (Å²) >= 11 is 0. The first-order chi connectivity index (χ1) is 8.22. The number of rotatable bonds is 7. The topological polar surface area (TPSA) is 21.3 Å². The van der Waals surface area contributed by atoms with Gasteiger partial charge < -0.3 is 10.1 Å². The molecule has 0 bridgehead atoms. The zero-order valence-electron chi connectivity index (χ0n) is 11.0. The smallest absolute Gasteiger partial charge is 0.119 e. The van der Waals surface area contributed by atoms with E-state index in [0.29, 0.717) is 5.41 Å². The Labute approximate surface area is 104 Å². The van der Waals surface area contributed by atoms with Gasteiger partial charge in [-0.15, -0.1) is 0 Å². The van der Waals surface area contributed by atoms with Gasteiger partial charge in [0.05, 0.1) is 6.61 Å². The molecule has 2 heteroatoms. The van der Waals surface area contributed by atoms with Gasteiger partial charge in [0.1, 0.15) is 5.75 Å². The molecule has 0 aromatic heterocycles. The number of hydrogen-bond acceptors (Lipinski definition) is 2. The van der Waals surface area contributed by atoms with Crippen molar-refractivity contribution >= 4 is 0 Å². The fourth-order valence-corrected chi connectivity index (χ4v) is 1.86. The maximum absolute atomic E-state index is 5.63. The standard InChI is InChI=1S/C15H23NO/c1-3-9-17-14-6-4-5-13(10-14)11-16-12-15(2)7-8-15/h4-6,10,16H,3,7-9,11-12H2,1-2H3. The Kier molecular flexibility index (Phi) is 4.06. The van der Waals surface area contributed by atoms with Crippen LogP contribution in [0.3, 0.4) is 0 Å². The summed E-state index contributed by atoms with van der Waals surface area (Å²) in [5, 5.41) is 3.53. The molecule has 0 unspecified atom stereocenters. The highest BCUT2D eigenvalue weighted by atomic mass is 16.5. The molecular formula is C15H23NO. The zero-order chi connectivity index (χ0) is 12.1. The lowest BCUT2D eigenvalue weighted by Crippen LogP contribution is -2.21. The van der Waals surface area contributed by atoms with Crippen LogP contribution < -0.4 is 10.1 Å². The zero-order valence-corrected chi connectivity index (χ0v) is 11.0. The van der Waals surface area contributed by atoms with Crippen molar-refractivity contribution in [1.82, 2.24) is 5.32 Å². The van der Waals surface area contributed by atoms with Crippen LogP contribution in [0.2, 0.25) is 0 Å². The Morgan fingerprint density at radius 1 is 1.35 bits per heavy atom. The molecule has 0 spiro atoms. The molecule has 1 aromatic carbocycles. The molecule has 0 amide bonds. The van der Waals surface area contributed by atoms with Crippen LogP contribution in [0.1, 0.15) is 38.7 Å². The van der Waals surface area contributed by atoms with Crippen molar-refractivity contribution in [3.8, 4) is 5.75 Å². The van der Waals surface area contributed by atoms with Gasteiger partial charge in [-0.2, -0.15) is 0 Å². The highest BCUT2D eigenvalue weighted by Crippen LogP contribution is 2.44. The van der Waals surface area contributed by atoms with Crippen LogP contribution in [0.5, 0.6) is 5.75 Å². The first kappa shape index (κ1) is 12.4. The number of ether oxygens (including phenoxy) is 1. The summed E-state index contributed by atoms with van der Waals surface area (Å²) in [6, 6.07) is 8.39. The average Bonchev–Trinajstić information content (AvgIpc) is 3.05. The Morgan fingerprint density at radius 3 is 2.88 bits per heavy atom. The van der Waals surface area contributed by atoms with Gasteiger partial charge in [0.15, 0.2) is 0 Å². The van der Waals surface area contributed by atoms with E-state index >= 15 is 0 Å². The molecule has 1 aliphatic carbocycles. The van der Waals surface area contributed by atoms with Crippen molar-refractivity contribution in [2.45, 2.75) is 39.7 Å². The minimum Gasteiger partial charge on any atom is -0.494 e. The summed E-state index contributed by atoms with van der Waals surface area (Å²) in [6.07, 6.45) is 3.81. The number of benzene rings is 1. The largest absolute Gasteiger partial charge is 0.494 e. The van der Waals surface area contributed by atoms with Gasteiger partial charge in [-0.05, 0) is 42.4 Å². The van der Waals surface area contributed by atoms with Crippen LogP contribution >= 0.6 is 0 Å². The first-order valence-corrected chi connectivity index (χ1v) is 6.64. The molecule has 0 radical (unpaired) electrons. The summed E-state index contributed by atoms with van der Waals surface area (Å²) in [7, 11) is 0.